The van der Waals surface area contributed by atoms with Crippen molar-refractivity contribution in [3.63, 3.8) is 0 Å². The molecule has 0 radical (unpaired) electrons. The van der Waals surface area contributed by atoms with Gasteiger partial charge in [0.25, 0.3) is 5.91 Å². The van der Waals surface area contributed by atoms with Crippen LogP contribution in [0.5, 0.6) is 0 Å². The van der Waals surface area contributed by atoms with Crippen molar-refractivity contribution in [2.75, 3.05) is 5.32 Å². The van der Waals surface area contributed by atoms with Gasteiger partial charge in [-0.2, -0.15) is 13.2 Å². The molecule has 0 saturated heterocycles. The second-order valence-electron chi connectivity index (χ2n) is 10.8. The van der Waals surface area contributed by atoms with E-state index in [1.165, 1.54) is 17.4 Å². The molecule has 1 aromatic carbocycles. The molecule has 3 heterocycles. The number of aromatic nitrogens is 3. The number of nitrogens with zero attached hydrogens (tertiary/aromatic N) is 3. The number of fused-ring (bicyclic) bond motifs is 1. The van der Waals surface area contributed by atoms with E-state index in [1.54, 1.807) is 24.4 Å². The average molecular weight is 630 g/mol. The van der Waals surface area contributed by atoms with Crippen LogP contribution in [0.15, 0.2) is 54.9 Å². The number of nitrogens with one attached hydrogen (secondary N) is 2. The number of rotatable bonds is 7. The monoisotopic (exact) mass is 629 g/mol. The van der Waals surface area contributed by atoms with Gasteiger partial charge in [-0.15, -0.1) is 11.3 Å². The van der Waals surface area contributed by atoms with Gasteiger partial charge in [-0.05, 0) is 92.1 Å². The van der Waals surface area contributed by atoms with Crippen LogP contribution in [0, 0.1) is 6.92 Å². The van der Waals surface area contributed by atoms with Gasteiger partial charge in [-0.25, -0.2) is 28.1 Å². The molecule has 0 unspecified atom stereocenters. The van der Waals surface area contributed by atoms with Gasteiger partial charge in [0, 0.05) is 18.0 Å². The third-order valence-corrected chi connectivity index (χ3v) is 10.4. The van der Waals surface area contributed by atoms with Gasteiger partial charge in [0.1, 0.15) is 22.2 Å². The zero-order chi connectivity index (χ0) is 30.6. The zero-order valence-electron chi connectivity index (χ0n) is 22.8. The van der Waals surface area contributed by atoms with Crippen LogP contribution in [0.1, 0.15) is 63.3 Å². The summed E-state index contributed by atoms with van der Waals surface area (Å²) in [7, 11) is -3.69. The molecule has 3 aromatic heterocycles. The quantitative estimate of drug-likeness (QED) is 0.245. The van der Waals surface area contributed by atoms with E-state index < -0.39 is 38.5 Å². The first-order valence-electron chi connectivity index (χ1n) is 13.5. The molecule has 1 atom stereocenters. The second kappa shape index (κ2) is 10.7. The van der Waals surface area contributed by atoms with E-state index in [2.05, 4.69) is 25.0 Å². The van der Waals surface area contributed by atoms with Gasteiger partial charge in [-0.1, -0.05) is 6.07 Å². The summed E-state index contributed by atoms with van der Waals surface area (Å²) in [5.41, 5.74) is 0.575. The summed E-state index contributed by atoms with van der Waals surface area (Å²) in [6.45, 7) is 1.83. The molecule has 0 aliphatic heterocycles. The second-order valence-corrected chi connectivity index (χ2v) is 13.7. The van der Waals surface area contributed by atoms with Crippen molar-refractivity contribution >= 4 is 38.9 Å². The maximum absolute atomic E-state index is 13.1. The van der Waals surface area contributed by atoms with Crippen LogP contribution in [0.2, 0.25) is 0 Å². The number of alkyl halides is 3. The summed E-state index contributed by atoms with van der Waals surface area (Å²) in [4.78, 5) is 26.4. The molecule has 1 amide bonds. The topological polar surface area (TPSA) is 134 Å². The van der Waals surface area contributed by atoms with Gasteiger partial charge < -0.3 is 10.4 Å². The van der Waals surface area contributed by atoms with Gasteiger partial charge >= 0.3 is 6.18 Å². The molecule has 3 N–H and O–H groups in total. The van der Waals surface area contributed by atoms with E-state index in [-0.39, 0.29) is 11.4 Å². The lowest BCUT2D eigenvalue weighted by Gasteiger charge is -2.33. The highest BCUT2D eigenvalue weighted by atomic mass is 32.2. The van der Waals surface area contributed by atoms with Crippen molar-refractivity contribution in [2.45, 2.75) is 56.1 Å². The maximum Gasteiger partial charge on any atom is 0.416 e. The number of carbonyl (C=O) groups is 1. The van der Waals surface area contributed by atoms with Crippen molar-refractivity contribution in [1.29, 1.82) is 0 Å². The fourth-order valence-corrected chi connectivity index (χ4v) is 7.44. The molecule has 0 spiro atoms. The van der Waals surface area contributed by atoms with Crippen molar-refractivity contribution in [2.24, 2.45) is 0 Å². The Hall–Kier alpha value is -3.88. The number of carbonyl (C=O) groups excluding carboxylic acids is 1. The fraction of sp³-hybridized carbons (Fsp3) is 0.310. The third kappa shape index (κ3) is 5.99. The summed E-state index contributed by atoms with van der Waals surface area (Å²) in [6.07, 6.45) is 0.846. The van der Waals surface area contributed by atoms with Gasteiger partial charge in [0.15, 0.2) is 0 Å². The Bertz CT molecular complexity index is 1840. The molecule has 2 aliphatic carbocycles. The molecule has 43 heavy (non-hydrogen) atoms. The molecule has 2 aliphatic rings. The highest BCUT2D eigenvalue weighted by Gasteiger charge is 2.40. The molecule has 1 fully saturated rings. The highest BCUT2D eigenvalue weighted by molar-refractivity contribution is 7.91. The predicted molar refractivity (Wildman–Crippen MR) is 154 cm³/mol. The number of anilines is 2. The minimum absolute atomic E-state index is 0.00446. The standard InChI is InChI=1S/C29H26F3N5O4S2/c1-16-11-22(35-25(12-16)36-24-14-19(8-10-33-24)29(30,31)32)23-15-34-27(42-23)28(39)9-2-3-17-13-18(4-7-21(17)28)26(38)37-43(40,41)20-5-6-20/h4,7-8,10-15,20,39H,2-3,5-6,9H2,1H3,(H,37,38)(H,33,35,36)/t28-/m0/s1. The Kier molecular flexibility index (Phi) is 7.26. The summed E-state index contributed by atoms with van der Waals surface area (Å²) in [5.74, 6) is -0.404. The van der Waals surface area contributed by atoms with Crippen molar-refractivity contribution in [3.8, 4) is 10.6 Å². The summed E-state index contributed by atoms with van der Waals surface area (Å²) < 4.78 is 66.0. The number of pyridine rings is 2. The molecular weight excluding hydrogens is 603 g/mol. The lowest BCUT2D eigenvalue weighted by molar-refractivity contribution is -0.137. The normalized spacial score (nSPS) is 18.6. The van der Waals surface area contributed by atoms with E-state index in [9.17, 15) is 31.5 Å². The number of aliphatic hydroxyl groups is 1. The molecule has 224 valence electrons. The number of halogens is 3. The molecule has 1 saturated carbocycles. The smallest absolute Gasteiger partial charge is 0.378 e. The van der Waals surface area contributed by atoms with E-state index >= 15 is 0 Å². The first kappa shape index (κ1) is 29.2. The molecule has 14 heteroatoms. The summed E-state index contributed by atoms with van der Waals surface area (Å²) >= 11 is 1.24. The molecule has 4 aromatic rings. The predicted octanol–water partition coefficient (Wildman–Crippen LogP) is 5.47. The van der Waals surface area contributed by atoms with Crippen molar-refractivity contribution in [1.82, 2.24) is 19.7 Å². The highest BCUT2D eigenvalue weighted by Crippen LogP contribution is 2.44. The molecule has 6 rings (SSSR count). The first-order valence-corrected chi connectivity index (χ1v) is 15.9. The van der Waals surface area contributed by atoms with Gasteiger partial charge in [0.05, 0.1) is 21.4 Å². The zero-order valence-corrected chi connectivity index (χ0v) is 24.4. The average Bonchev–Trinajstić information content (AvgIpc) is 3.69. The van der Waals surface area contributed by atoms with Crippen molar-refractivity contribution in [3.05, 3.63) is 87.7 Å². The van der Waals surface area contributed by atoms with E-state index in [0.29, 0.717) is 59.1 Å². The Morgan fingerprint density at radius 3 is 2.63 bits per heavy atom. The molecule has 0 bridgehead atoms. The fourth-order valence-electron chi connectivity index (χ4n) is 5.13. The van der Waals surface area contributed by atoms with Crippen LogP contribution < -0.4 is 10.0 Å². The number of benzene rings is 1. The lowest BCUT2D eigenvalue weighted by Crippen LogP contribution is -2.34. The lowest BCUT2D eigenvalue weighted by atomic mass is 9.79. The maximum atomic E-state index is 13.1. The van der Waals surface area contributed by atoms with Gasteiger partial charge in [0.2, 0.25) is 10.0 Å². The largest absolute Gasteiger partial charge is 0.416 e. The minimum atomic E-state index is -4.51. The number of aryl methyl sites for hydroxylation is 2. The SMILES string of the molecule is Cc1cc(Nc2cc(C(F)(F)F)ccn2)nc(-c2cnc([C@]3(O)CCCc4cc(C(=O)NS(=O)(=O)C5CC5)ccc43)s2)c1. The van der Waals surface area contributed by atoms with Crippen LogP contribution in [0.25, 0.3) is 10.6 Å². The van der Waals surface area contributed by atoms with Crippen LogP contribution >= 0.6 is 11.3 Å². The van der Waals surface area contributed by atoms with Crippen LogP contribution in [0.4, 0.5) is 24.8 Å². The number of sulfonamides is 1. The molecular formula is C29H26F3N5O4S2. The third-order valence-electron chi connectivity index (χ3n) is 7.42. The van der Waals surface area contributed by atoms with Crippen LogP contribution in [-0.2, 0) is 28.2 Å². The Morgan fingerprint density at radius 2 is 1.88 bits per heavy atom. The summed E-state index contributed by atoms with van der Waals surface area (Å²) in [6, 6.07) is 10.1. The van der Waals surface area contributed by atoms with Crippen LogP contribution in [0.3, 0.4) is 0 Å². The Morgan fingerprint density at radius 1 is 1.09 bits per heavy atom. The van der Waals surface area contributed by atoms with Gasteiger partial charge in [-0.3, -0.25) is 4.79 Å². The van der Waals surface area contributed by atoms with Crippen LogP contribution in [-0.4, -0.2) is 39.6 Å². The Labute approximate surface area is 249 Å². The number of thiazole rings is 1. The minimum Gasteiger partial charge on any atom is -0.378 e. The number of hydrogen-bond acceptors (Lipinski definition) is 9. The van der Waals surface area contributed by atoms with Crippen molar-refractivity contribution < 1.29 is 31.5 Å². The number of hydrogen-bond donors (Lipinski definition) is 3. The van der Waals surface area contributed by atoms with E-state index in [4.69, 9.17) is 0 Å². The molecule has 9 nitrogen and oxygen atoms in total. The first-order chi connectivity index (χ1) is 20.3. The summed E-state index contributed by atoms with van der Waals surface area (Å²) in [5, 5.41) is 14.6. The van der Waals surface area contributed by atoms with E-state index in [1.807, 2.05) is 13.0 Å². The van der Waals surface area contributed by atoms with E-state index in [0.717, 1.165) is 29.5 Å². The Balaban J connectivity index is 1.26. The number of amides is 1.